The van der Waals surface area contributed by atoms with Crippen LogP contribution < -0.4 is 10.2 Å². The highest BCUT2D eigenvalue weighted by Crippen LogP contribution is 2.61. The van der Waals surface area contributed by atoms with Gasteiger partial charge in [-0.25, -0.2) is 4.90 Å². The molecular formula is C26H20ClN3O3. The number of carbonyl (C=O) groups is 3. The lowest BCUT2D eigenvalue weighted by atomic mass is 9.75. The van der Waals surface area contributed by atoms with Crippen molar-refractivity contribution in [2.45, 2.75) is 24.4 Å². The van der Waals surface area contributed by atoms with E-state index in [4.69, 9.17) is 11.6 Å². The van der Waals surface area contributed by atoms with Crippen molar-refractivity contribution in [3.05, 3.63) is 71.2 Å². The molecule has 0 radical (unpaired) electrons. The minimum Gasteiger partial charge on any atom is -0.324 e. The van der Waals surface area contributed by atoms with E-state index in [9.17, 15) is 14.4 Å². The van der Waals surface area contributed by atoms with Gasteiger partial charge in [0.2, 0.25) is 17.7 Å². The highest BCUT2D eigenvalue weighted by Gasteiger charge is 2.74. The van der Waals surface area contributed by atoms with E-state index in [-0.39, 0.29) is 23.8 Å². The van der Waals surface area contributed by atoms with Crippen LogP contribution in [0.4, 0.5) is 11.4 Å². The molecule has 7 rings (SSSR count). The Bertz CT molecular complexity index is 1400. The van der Waals surface area contributed by atoms with Crippen LogP contribution in [0.3, 0.4) is 0 Å². The van der Waals surface area contributed by atoms with Crippen LogP contribution in [0, 0.1) is 11.8 Å². The number of anilines is 2. The van der Waals surface area contributed by atoms with Crippen LogP contribution in [0.25, 0.3) is 10.8 Å². The van der Waals surface area contributed by atoms with Crippen LogP contribution in [-0.4, -0.2) is 35.2 Å². The zero-order chi connectivity index (χ0) is 22.5. The number of rotatable bonds is 1. The fraction of sp³-hybridized carbons (Fsp3) is 0.269. The summed E-state index contributed by atoms with van der Waals surface area (Å²) in [7, 11) is 0. The predicted octanol–water partition coefficient (Wildman–Crippen LogP) is 3.92. The molecule has 164 valence electrons. The number of amides is 3. The summed E-state index contributed by atoms with van der Waals surface area (Å²) in [6.45, 7) is 0.672. The molecule has 0 aromatic heterocycles. The number of nitrogens with zero attached hydrogens (tertiary/aromatic N) is 2. The maximum atomic E-state index is 14.1. The van der Waals surface area contributed by atoms with Gasteiger partial charge >= 0.3 is 0 Å². The second-order valence-corrected chi connectivity index (χ2v) is 9.76. The van der Waals surface area contributed by atoms with Crippen molar-refractivity contribution in [1.82, 2.24) is 4.90 Å². The Balaban J connectivity index is 1.46. The van der Waals surface area contributed by atoms with E-state index in [0.717, 1.165) is 23.6 Å². The van der Waals surface area contributed by atoms with Crippen molar-refractivity contribution < 1.29 is 14.4 Å². The van der Waals surface area contributed by atoms with E-state index in [2.05, 4.69) is 10.2 Å². The minimum atomic E-state index is -1.21. The summed E-state index contributed by atoms with van der Waals surface area (Å²) >= 11 is 6.35. The normalized spacial score (nSPS) is 30.3. The standard InChI is InChI=1S/C26H20ClN3O3/c27-15-10-11-18-17(13-15)26(25(33)28-18)22-21(20-9-4-12-29(20)26)23(31)30(24(22)32)19-8-3-6-14-5-1-2-7-16(14)19/h1-3,5-8,10-11,13,20-22H,4,9,12H2,(H,28,33)/t20-,21+,22+,26+/m0/s1. The molecule has 3 amide bonds. The average Bonchev–Trinajstić information content (AvgIpc) is 3.52. The van der Waals surface area contributed by atoms with Crippen LogP contribution in [-0.2, 0) is 19.9 Å². The summed E-state index contributed by atoms with van der Waals surface area (Å²) in [6, 6.07) is 18.5. The third-order valence-electron chi connectivity index (χ3n) is 7.96. The van der Waals surface area contributed by atoms with E-state index >= 15 is 0 Å². The number of halogens is 1. The lowest BCUT2D eigenvalue weighted by Crippen LogP contribution is -2.54. The van der Waals surface area contributed by atoms with Crippen molar-refractivity contribution in [1.29, 1.82) is 0 Å². The Morgan fingerprint density at radius 2 is 1.79 bits per heavy atom. The van der Waals surface area contributed by atoms with Crippen LogP contribution in [0.15, 0.2) is 60.7 Å². The largest absolute Gasteiger partial charge is 0.324 e. The summed E-state index contributed by atoms with van der Waals surface area (Å²) in [5.74, 6) is -2.10. The molecule has 3 aromatic carbocycles. The first-order valence-corrected chi connectivity index (χ1v) is 11.6. The maximum absolute atomic E-state index is 14.1. The smallest absolute Gasteiger partial charge is 0.250 e. The van der Waals surface area contributed by atoms with Gasteiger partial charge in [-0.15, -0.1) is 0 Å². The molecule has 7 heteroatoms. The molecule has 1 spiro atoms. The average molecular weight is 458 g/mol. The van der Waals surface area contributed by atoms with E-state index in [0.29, 0.717) is 28.5 Å². The Kier molecular flexibility index (Phi) is 3.75. The first-order valence-electron chi connectivity index (χ1n) is 11.3. The summed E-state index contributed by atoms with van der Waals surface area (Å²) in [5.41, 5.74) is 0.750. The molecule has 4 heterocycles. The Hall–Kier alpha value is -3.22. The van der Waals surface area contributed by atoms with Crippen molar-refractivity contribution in [3.63, 3.8) is 0 Å². The fourth-order valence-electron chi connectivity index (χ4n) is 6.82. The molecule has 1 N–H and O–H groups in total. The zero-order valence-electron chi connectivity index (χ0n) is 17.6. The third kappa shape index (κ3) is 2.20. The molecular weight excluding hydrogens is 438 g/mol. The molecule has 0 aliphatic carbocycles. The molecule has 0 saturated carbocycles. The zero-order valence-corrected chi connectivity index (χ0v) is 18.4. The van der Waals surface area contributed by atoms with E-state index in [1.54, 1.807) is 18.2 Å². The van der Waals surface area contributed by atoms with Gasteiger partial charge in [-0.1, -0.05) is 48.0 Å². The lowest BCUT2D eigenvalue weighted by Gasteiger charge is -2.36. The summed E-state index contributed by atoms with van der Waals surface area (Å²) in [6.07, 6.45) is 1.67. The van der Waals surface area contributed by atoms with E-state index < -0.39 is 17.4 Å². The highest BCUT2D eigenvalue weighted by atomic mass is 35.5. The van der Waals surface area contributed by atoms with Crippen molar-refractivity contribution in [2.75, 3.05) is 16.8 Å². The molecule has 33 heavy (non-hydrogen) atoms. The van der Waals surface area contributed by atoms with Gasteiger partial charge in [0.15, 0.2) is 0 Å². The van der Waals surface area contributed by atoms with Gasteiger partial charge in [-0.05, 0) is 49.0 Å². The molecule has 4 aliphatic rings. The SMILES string of the molecule is O=C1[C@@H]2[C@@H]3CCCN3[C@@]3(C(=O)Nc4ccc(Cl)cc43)[C@H]2C(=O)N1c1cccc2ccccc12. The predicted molar refractivity (Wildman–Crippen MR) is 125 cm³/mol. The van der Waals surface area contributed by atoms with Crippen molar-refractivity contribution in [3.8, 4) is 0 Å². The number of fused-ring (bicyclic) bond motifs is 8. The van der Waals surface area contributed by atoms with Gasteiger partial charge in [0, 0.05) is 27.7 Å². The van der Waals surface area contributed by atoms with E-state index in [1.165, 1.54) is 4.90 Å². The molecule has 3 saturated heterocycles. The second-order valence-electron chi connectivity index (χ2n) is 9.33. The fourth-order valence-corrected chi connectivity index (χ4v) is 6.99. The highest BCUT2D eigenvalue weighted by molar-refractivity contribution is 6.31. The molecule has 4 aliphatic heterocycles. The van der Waals surface area contributed by atoms with Gasteiger partial charge in [0.25, 0.3) is 0 Å². The van der Waals surface area contributed by atoms with Crippen molar-refractivity contribution >= 4 is 51.5 Å². The number of hydrogen-bond donors (Lipinski definition) is 1. The van der Waals surface area contributed by atoms with Crippen LogP contribution in [0.2, 0.25) is 5.02 Å². The van der Waals surface area contributed by atoms with Crippen LogP contribution >= 0.6 is 11.6 Å². The molecule has 3 fully saturated rings. The quantitative estimate of drug-likeness (QED) is 0.562. The van der Waals surface area contributed by atoms with Gasteiger partial charge < -0.3 is 5.32 Å². The molecule has 3 aromatic rings. The molecule has 6 nitrogen and oxygen atoms in total. The Morgan fingerprint density at radius 3 is 2.67 bits per heavy atom. The Morgan fingerprint density at radius 1 is 0.970 bits per heavy atom. The summed E-state index contributed by atoms with van der Waals surface area (Å²) in [4.78, 5) is 45.2. The van der Waals surface area contributed by atoms with Gasteiger partial charge in [0.1, 0.15) is 5.54 Å². The third-order valence-corrected chi connectivity index (χ3v) is 8.20. The molecule has 4 atom stereocenters. The van der Waals surface area contributed by atoms with Crippen LogP contribution in [0.5, 0.6) is 0 Å². The lowest BCUT2D eigenvalue weighted by molar-refractivity contribution is -0.135. The number of imide groups is 1. The van der Waals surface area contributed by atoms with Crippen LogP contribution in [0.1, 0.15) is 18.4 Å². The van der Waals surface area contributed by atoms with Crippen molar-refractivity contribution in [2.24, 2.45) is 11.8 Å². The monoisotopic (exact) mass is 457 g/mol. The topological polar surface area (TPSA) is 69.7 Å². The van der Waals surface area contributed by atoms with Gasteiger partial charge in [-0.2, -0.15) is 0 Å². The first kappa shape index (κ1) is 19.3. The number of nitrogens with one attached hydrogen (secondary N) is 1. The summed E-state index contributed by atoms with van der Waals surface area (Å²) in [5, 5.41) is 5.29. The molecule has 0 bridgehead atoms. The number of benzene rings is 3. The van der Waals surface area contributed by atoms with Gasteiger partial charge in [-0.3, -0.25) is 19.3 Å². The number of hydrogen-bond acceptors (Lipinski definition) is 4. The van der Waals surface area contributed by atoms with E-state index in [1.807, 2.05) is 42.5 Å². The molecule has 0 unspecified atom stereocenters. The van der Waals surface area contributed by atoms with Gasteiger partial charge in [0.05, 0.1) is 17.5 Å². The number of carbonyl (C=O) groups excluding carboxylic acids is 3. The second kappa shape index (κ2) is 6.43. The maximum Gasteiger partial charge on any atom is 0.250 e. The first-order chi connectivity index (χ1) is 16.0. The minimum absolute atomic E-state index is 0.151. The summed E-state index contributed by atoms with van der Waals surface area (Å²) < 4.78 is 0. The Labute approximate surface area is 195 Å².